The van der Waals surface area contributed by atoms with Crippen LogP contribution < -0.4 is 15.2 Å². The predicted molar refractivity (Wildman–Crippen MR) is 74.4 cm³/mol. The number of benzene rings is 1. The minimum absolute atomic E-state index is 0.537. The summed E-state index contributed by atoms with van der Waals surface area (Å²) in [6.07, 6.45) is 2.62. The van der Waals surface area contributed by atoms with E-state index in [1.54, 1.807) is 6.20 Å². The molecular formula is C15H16N2O2. The zero-order chi connectivity index (χ0) is 13.2. The highest BCUT2D eigenvalue weighted by atomic mass is 16.5. The average molecular weight is 256 g/mol. The van der Waals surface area contributed by atoms with Crippen molar-refractivity contribution in [2.24, 2.45) is 0 Å². The summed E-state index contributed by atoms with van der Waals surface area (Å²) < 4.78 is 11.3. The molecule has 0 bridgehead atoms. The van der Waals surface area contributed by atoms with E-state index in [0.29, 0.717) is 19.0 Å². The number of fused-ring (bicyclic) bond motifs is 1. The van der Waals surface area contributed by atoms with E-state index in [1.165, 1.54) is 0 Å². The van der Waals surface area contributed by atoms with Gasteiger partial charge in [-0.05, 0) is 36.2 Å². The molecule has 0 atom stereocenters. The Labute approximate surface area is 112 Å². The number of pyridine rings is 1. The van der Waals surface area contributed by atoms with Gasteiger partial charge in [0.1, 0.15) is 5.82 Å². The van der Waals surface area contributed by atoms with Gasteiger partial charge in [0, 0.05) is 18.2 Å². The van der Waals surface area contributed by atoms with Crippen LogP contribution in [-0.2, 0) is 0 Å². The van der Waals surface area contributed by atoms with Crippen molar-refractivity contribution in [1.82, 2.24) is 4.98 Å². The van der Waals surface area contributed by atoms with Gasteiger partial charge in [-0.3, -0.25) is 0 Å². The molecule has 1 aromatic heterocycles. The van der Waals surface area contributed by atoms with Crippen molar-refractivity contribution in [2.75, 3.05) is 18.9 Å². The quantitative estimate of drug-likeness (QED) is 0.852. The zero-order valence-electron chi connectivity index (χ0n) is 10.8. The van der Waals surface area contributed by atoms with Crippen molar-refractivity contribution in [3.63, 3.8) is 0 Å². The van der Waals surface area contributed by atoms with Crippen LogP contribution in [0, 0.1) is 6.92 Å². The smallest absolute Gasteiger partial charge is 0.161 e. The van der Waals surface area contributed by atoms with Gasteiger partial charge in [0.25, 0.3) is 0 Å². The summed E-state index contributed by atoms with van der Waals surface area (Å²) in [4.78, 5) is 4.15. The summed E-state index contributed by atoms with van der Waals surface area (Å²) in [5, 5.41) is 0. The molecule has 2 N–H and O–H groups in total. The first-order chi connectivity index (χ1) is 9.25. The van der Waals surface area contributed by atoms with Crippen LogP contribution >= 0.6 is 0 Å². The number of hydrogen-bond donors (Lipinski definition) is 1. The molecule has 1 aliphatic heterocycles. The Bertz CT molecular complexity index is 591. The second-order valence-electron chi connectivity index (χ2n) is 4.60. The predicted octanol–water partition coefficient (Wildman–Crippen LogP) is 2.80. The molecule has 1 aromatic carbocycles. The normalized spacial score (nSPS) is 13.9. The fourth-order valence-electron chi connectivity index (χ4n) is 2.27. The summed E-state index contributed by atoms with van der Waals surface area (Å²) in [5.74, 6) is 2.11. The summed E-state index contributed by atoms with van der Waals surface area (Å²) in [5.41, 5.74) is 9.04. The Morgan fingerprint density at radius 3 is 2.68 bits per heavy atom. The lowest BCUT2D eigenvalue weighted by Gasteiger charge is -2.12. The number of aryl methyl sites for hydroxylation is 1. The highest BCUT2D eigenvalue weighted by molar-refractivity contribution is 5.78. The fourth-order valence-corrected chi connectivity index (χ4v) is 2.27. The van der Waals surface area contributed by atoms with E-state index in [2.05, 4.69) is 4.98 Å². The lowest BCUT2D eigenvalue weighted by Crippen LogP contribution is -1.98. The summed E-state index contributed by atoms with van der Waals surface area (Å²) in [7, 11) is 0. The van der Waals surface area contributed by atoms with Crippen LogP contribution in [-0.4, -0.2) is 18.2 Å². The van der Waals surface area contributed by atoms with Gasteiger partial charge in [-0.1, -0.05) is 6.07 Å². The maximum atomic E-state index is 5.98. The number of anilines is 1. The molecule has 0 saturated carbocycles. The van der Waals surface area contributed by atoms with Gasteiger partial charge in [0.2, 0.25) is 0 Å². The Morgan fingerprint density at radius 2 is 1.89 bits per heavy atom. The van der Waals surface area contributed by atoms with Crippen molar-refractivity contribution >= 4 is 5.82 Å². The minimum atomic E-state index is 0.537. The van der Waals surface area contributed by atoms with E-state index >= 15 is 0 Å². The Hall–Kier alpha value is -2.23. The van der Waals surface area contributed by atoms with Crippen LogP contribution in [0.25, 0.3) is 11.1 Å². The van der Waals surface area contributed by atoms with E-state index in [0.717, 1.165) is 34.6 Å². The van der Waals surface area contributed by atoms with Gasteiger partial charge < -0.3 is 15.2 Å². The number of ether oxygens (including phenoxy) is 2. The summed E-state index contributed by atoms with van der Waals surface area (Å²) >= 11 is 0. The summed E-state index contributed by atoms with van der Waals surface area (Å²) in [6.45, 7) is 3.40. The van der Waals surface area contributed by atoms with Crippen molar-refractivity contribution in [3.05, 3.63) is 36.0 Å². The number of rotatable bonds is 1. The van der Waals surface area contributed by atoms with Gasteiger partial charge in [0.15, 0.2) is 11.5 Å². The minimum Gasteiger partial charge on any atom is -0.490 e. The Kier molecular flexibility index (Phi) is 2.99. The third-order valence-electron chi connectivity index (χ3n) is 3.22. The lowest BCUT2D eigenvalue weighted by atomic mass is 10.0. The molecule has 4 nitrogen and oxygen atoms in total. The third-order valence-corrected chi connectivity index (χ3v) is 3.22. The molecule has 0 unspecified atom stereocenters. The molecule has 0 spiro atoms. The molecule has 2 aromatic rings. The molecule has 19 heavy (non-hydrogen) atoms. The van der Waals surface area contributed by atoms with Crippen LogP contribution in [0.4, 0.5) is 5.82 Å². The Balaban J connectivity index is 2.09. The molecule has 3 rings (SSSR count). The molecule has 0 amide bonds. The van der Waals surface area contributed by atoms with Crippen molar-refractivity contribution in [1.29, 1.82) is 0 Å². The van der Waals surface area contributed by atoms with Gasteiger partial charge in [-0.2, -0.15) is 0 Å². The average Bonchev–Trinajstić information content (AvgIpc) is 2.63. The zero-order valence-corrected chi connectivity index (χ0v) is 10.8. The first-order valence-corrected chi connectivity index (χ1v) is 6.37. The number of hydrogen-bond acceptors (Lipinski definition) is 4. The largest absolute Gasteiger partial charge is 0.490 e. The first kappa shape index (κ1) is 11.8. The topological polar surface area (TPSA) is 57.4 Å². The SMILES string of the molecule is Cc1ccnc(N)c1-c1ccc2c(c1)OCCCO2. The maximum absolute atomic E-state index is 5.98. The standard InChI is InChI=1S/C15H16N2O2/c1-10-5-6-17-15(16)14(10)11-3-4-12-13(9-11)19-8-2-7-18-12/h3-6,9H,2,7-8H2,1H3,(H2,16,17). The van der Waals surface area contributed by atoms with Crippen LogP contribution in [0.1, 0.15) is 12.0 Å². The maximum Gasteiger partial charge on any atom is 0.161 e. The van der Waals surface area contributed by atoms with Crippen molar-refractivity contribution in [2.45, 2.75) is 13.3 Å². The molecular weight excluding hydrogens is 240 g/mol. The fraction of sp³-hybridized carbons (Fsp3) is 0.267. The van der Waals surface area contributed by atoms with Gasteiger partial charge in [-0.15, -0.1) is 0 Å². The van der Waals surface area contributed by atoms with Crippen LogP contribution in [0.5, 0.6) is 11.5 Å². The lowest BCUT2D eigenvalue weighted by molar-refractivity contribution is 0.297. The van der Waals surface area contributed by atoms with Gasteiger partial charge >= 0.3 is 0 Å². The molecule has 98 valence electrons. The molecule has 1 aliphatic rings. The van der Waals surface area contributed by atoms with Crippen LogP contribution in [0.3, 0.4) is 0 Å². The van der Waals surface area contributed by atoms with E-state index in [1.807, 2.05) is 31.2 Å². The van der Waals surface area contributed by atoms with E-state index in [9.17, 15) is 0 Å². The van der Waals surface area contributed by atoms with Crippen molar-refractivity contribution < 1.29 is 9.47 Å². The van der Waals surface area contributed by atoms with E-state index in [-0.39, 0.29) is 0 Å². The molecule has 0 fully saturated rings. The molecule has 0 aliphatic carbocycles. The van der Waals surface area contributed by atoms with E-state index < -0.39 is 0 Å². The molecule has 0 saturated heterocycles. The monoisotopic (exact) mass is 256 g/mol. The highest BCUT2D eigenvalue weighted by Crippen LogP contribution is 2.36. The molecule has 2 heterocycles. The summed E-state index contributed by atoms with van der Waals surface area (Å²) in [6, 6.07) is 7.85. The number of nitrogens with zero attached hydrogens (tertiary/aromatic N) is 1. The second kappa shape index (κ2) is 4.80. The Morgan fingerprint density at radius 1 is 1.11 bits per heavy atom. The number of nitrogen functional groups attached to an aromatic ring is 1. The highest BCUT2D eigenvalue weighted by Gasteiger charge is 2.14. The number of nitrogens with two attached hydrogens (primary N) is 1. The first-order valence-electron chi connectivity index (χ1n) is 6.37. The third kappa shape index (κ3) is 2.21. The van der Waals surface area contributed by atoms with Gasteiger partial charge in [-0.25, -0.2) is 4.98 Å². The van der Waals surface area contributed by atoms with Crippen LogP contribution in [0.15, 0.2) is 30.5 Å². The molecule has 4 heteroatoms. The van der Waals surface area contributed by atoms with E-state index in [4.69, 9.17) is 15.2 Å². The van der Waals surface area contributed by atoms with Crippen LogP contribution in [0.2, 0.25) is 0 Å². The van der Waals surface area contributed by atoms with Gasteiger partial charge in [0.05, 0.1) is 13.2 Å². The molecule has 0 radical (unpaired) electrons. The second-order valence-corrected chi connectivity index (χ2v) is 4.60. The number of aromatic nitrogens is 1. The van der Waals surface area contributed by atoms with Crippen molar-refractivity contribution in [3.8, 4) is 22.6 Å².